The van der Waals surface area contributed by atoms with Crippen molar-refractivity contribution in [3.63, 3.8) is 0 Å². The second kappa shape index (κ2) is 5.73. The second-order valence-corrected chi connectivity index (χ2v) is 4.88. The van der Waals surface area contributed by atoms with Crippen LogP contribution in [0.3, 0.4) is 0 Å². The number of hydrogen-bond acceptors (Lipinski definition) is 3. The number of carboxylic acid groups (broad SMARTS) is 1. The van der Waals surface area contributed by atoms with E-state index >= 15 is 0 Å². The van der Waals surface area contributed by atoms with E-state index in [4.69, 9.17) is 5.11 Å². The van der Waals surface area contributed by atoms with Crippen LogP contribution in [0.2, 0.25) is 0 Å². The molecule has 5 heteroatoms. The van der Waals surface area contributed by atoms with Gasteiger partial charge in [-0.05, 0) is 25.0 Å². The van der Waals surface area contributed by atoms with Crippen LogP contribution in [0.5, 0.6) is 5.75 Å². The molecule has 0 radical (unpaired) electrons. The topological polar surface area (TPSA) is 86.6 Å². The maximum absolute atomic E-state index is 12.1. The highest BCUT2D eigenvalue weighted by Crippen LogP contribution is 2.31. The second-order valence-electron chi connectivity index (χ2n) is 4.88. The Morgan fingerprint density at radius 1 is 1.16 bits per heavy atom. The van der Waals surface area contributed by atoms with Crippen LogP contribution in [0.1, 0.15) is 25.7 Å². The van der Waals surface area contributed by atoms with E-state index in [0.29, 0.717) is 18.5 Å². The first-order valence-corrected chi connectivity index (χ1v) is 6.40. The number of rotatable bonds is 3. The molecule has 1 amide bonds. The maximum Gasteiger partial charge on any atom is 0.307 e. The summed E-state index contributed by atoms with van der Waals surface area (Å²) in [6.45, 7) is 0. The fourth-order valence-electron chi connectivity index (χ4n) is 2.56. The Hall–Kier alpha value is -2.04. The summed E-state index contributed by atoms with van der Waals surface area (Å²) in [6, 6.07) is 6.24. The van der Waals surface area contributed by atoms with Gasteiger partial charge in [0.1, 0.15) is 5.75 Å². The van der Waals surface area contributed by atoms with E-state index in [-0.39, 0.29) is 11.7 Å². The number of carboxylic acids is 1. The van der Waals surface area contributed by atoms with E-state index in [1.165, 1.54) is 12.1 Å². The van der Waals surface area contributed by atoms with Crippen LogP contribution < -0.4 is 5.32 Å². The van der Waals surface area contributed by atoms with Gasteiger partial charge in [-0.25, -0.2) is 0 Å². The van der Waals surface area contributed by atoms with E-state index in [0.717, 1.165) is 12.8 Å². The molecule has 0 spiro atoms. The van der Waals surface area contributed by atoms with Crippen molar-refractivity contribution >= 4 is 17.6 Å². The molecule has 1 aromatic rings. The van der Waals surface area contributed by atoms with Crippen LogP contribution in [-0.2, 0) is 9.59 Å². The Balaban J connectivity index is 2.07. The molecular weight excluding hydrogens is 246 g/mol. The van der Waals surface area contributed by atoms with Crippen LogP contribution in [0, 0.1) is 11.8 Å². The summed E-state index contributed by atoms with van der Waals surface area (Å²) in [5.74, 6) is -2.22. The van der Waals surface area contributed by atoms with Gasteiger partial charge < -0.3 is 15.5 Å². The molecule has 1 aliphatic carbocycles. The lowest BCUT2D eigenvalue weighted by atomic mass is 9.78. The van der Waals surface area contributed by atoms with Crippen molar-refractivity contribution in [3.8, 4) is 5.75 Å². The molecule has 102 valence electrons. The van der Waals surface area contributed by atoms with Gasteiger partial charge in [0.2, 0.25) is 5.91 Å². The monoisotopic (exact) mass is 263 g/mol. The number of amides is 1. The molecule has 1 saturated carbocycles. The van der Waals surface area contributed by atoms with E-state index in [1.54, 1.807) is 12.1 Å². The molecule has 2 rings (SSSR count). The first-order chi connectivity index (χ1) is 9.08. The molecule has 0 unspecified atom stereocenters. The lowest BCUT2D eigenvalue weighted by Crippen LogP contribution is -2.36. The SMILES string of the molecule is O=C(O)[C@H]1CCCC[C@@H]1C(=O)Nc1cccc(O)c1. The largest absolute Gasteiger partial charge is 0.508 e. The normalized spacial score (nSPS) is 22.7. The molecule has 1 fully saturated rings. The number of aliphatic carboxylic acids is 1. The highest BCUT2D eigenvalue weighted by atomic mass is 16.4. The first-order valence-electron chi connectivity index (χ1n) is 6.40. The third kappa shape index (κ3) is 3.24. The Bertz CT molecular complexity index is 486. The van der Waals surface area contributed by atoms with Crippen molar-refractivity contribution < 1.29 is 19.8 Å². The minimum Gasteiger partial charge on any atom is -0.508 e. The third-order valence-electron chi connectivity index (χ3n) is 3.53. The molecule has 0 aromatic heterocycles. The molecular formula is C14H17NO4. The van der Waals surface area contributed by atoms with Crippen LogP contribution >= 0.6 is 0 Å². The number of hydrogen-bond donors (Lipinski definition) is 3. The molecule has 3 N–H and O–H groups in total. The maximum atomic E-state index is 12.1. The van der Waals surface area contributed by atoms with Crippen molar-refractivity contribution in [2.45, 2.75) is 25.7 Å². The molecule has 0 bridgehead atoms. The van der Waals surface area contributed by atoms with Crippen LogP contribution in [0.25, 0.3) is 0 Å². The number of phenolic OH excluding ortho intramolecular Hbond substituents is 1. The van der Waals surface area contributed by atoms with E-state index in [1.807, 2.05) is 0 Å². The molecule has 5 nitrogen and oxygen atoms in total. The van der Waals surface area contributed by atoms with Gasteiger partial charge in [-0.15, -0.1) is 0 Å². The first kappa shape index (κ1) is 13.4. The number of carbonyl (C=O) groups is 2. The van der Waals surface area contributed by atoms with E-state index in [9.17, 15) is 14.7 Å². The zero-order valence-corrected chi connectivity index (χ0v) is 10.5. The minimum atomic E-state index is -0.907. The number of anilines is 1. The van der Waals surface area contributed by atoms with Crippen LogP contribution in [0.4, 0.5) is 5.69 Å². The lowest BCUT2D eigenvalue weighted by Gasteiger charge is -2.27. The smallest absolute Gasteiger partial charge is 0.307 e. The third-order valence-corrected chi connectivity index (χ3v) is 3.53. The van der Waals surface area contributed by atoms with E-state index in [2.05, 4.69) is 5.32 Å². The zero-order valence-electron chi connectivity index (χ0n) is 10.5. The average molecular weight is 263 g/mol. The summed E-state index contributed by atoms with van der Waals surface area (Å²) in [6.07, 6.45) is 2.88. The molecule has 0 heterocycles. The van der Waals surface area contributed by atoms with Crippen molar-refractivity contribution in [3.05, 3.63) is 24.3 Å². The van der Waals surface area contributed by atoms with Gasteiger partial charge in [-0.1, -0.05) is 18.9 Å². The Labute approximate surface area is 111 Å². The Morgan fingerprint density at radius 2 is 1.84 bits per heavy atom. The summed E-state index contributed by atoms with van der Waals surface area (Å²) >= 11 is 0. The minimum absolute atomic E-state index is 0.0660. The van der Waals surface area contributed by atoms with Gasteiger partial charge in [0, 0.05) is 11.8 Å². The summed E-state index contributed by atoms with van der Waals surface area (Å²) in [7, 11) is 0. The van der Waals surface area contributed by atoms with Gasteiger partial charge in [0.05, 0.1) is 11.8 Å². The number of benzene rings is 1. The standard InChI is InChI=1S/C14H17NO4/c16-10-5-3-4-9(8-10)15-13(17)11-6-1-2-7-12(11)14(18)19/h3-5,8,11-12,16H,1-2,6-7H2,(H,15,17)(H,18,19)/t11-,12-/m0/s1. The van der Waals surface area contributed by atoms with Gasteiger partial charge in [0.15, 0.2) is 0 Å². The highest BCUT2D eigenvalue weighted by Gasteiger charge is 2.35. The predicted molar refractivity (Wildman–Crippen MR) is 69.8 cm³/mol. The summed E-state index contributed by atoms with van der Waals surface area (Å²) in [4.78, 5) is 23.3. The molecule has 1 aromatic carbocycles. The summed E-state index contributed by atoms with van der Waals surface area (Å²) in [5.41, 5.74) is 0.486. The molecule has 19 heavy (non-hydrogen) atoms. The van der Waals surface area contributed by atoms with Gasteiger partial charge in [-0.3, -0.25) is 9.59 Å². The zero-order chi connectivity index (χ0) is 13.8. The number of aromatic hydroxyl groups is 1. The lowest BCUT2D eigenvalue weighted by molar-refractivity contribution is -0.147. The van der Waals surface area contributed by atoms with Gasteiger partial charge in [0.25, 0.3) is 0 Å². The molecule has 1 aliphatic rings. The Morgan fingerprint density at radius 3 is 2.47 bits per heavy atom. The summed E-state index contributed by atoms with van der Waals surface area (Å²) in [5, 5.41) is 21.2. The van der Waals surface area contributed by atoms with Crippen LogP contribution in [0.15, 0.2) is 24.3 Å². The van der Waals surface area contributed by atoms with E-state index < -0.39 is 17.8 Å². The number of nitrogens with one attached hydrogen (secondary N) is 1. The van der Waals surface area contributed by atoms with Crippen molar-refractivity contribution in [1.82, 2.24) is 0 Å². The quantitative estimate of drug-likeness (QED) is 0.780. The fourth-order valence-corrected chi connectivity index (χ4v) is 2.56. The van der Waals surface area contributed by atoms with Crippen LogP contribution in [-0.4, -0.2) is 22.1 Å². The van der Waals surface area contributed by atoms with Gasteiger partial charge >= 0.3 is 5.97 Å². The van der Waals surface area contributed by atoms with Crippen molar-refractivity contribution in [2.75, 3.05) is 5.32 Å². The average Bonchev–Trinajstić information content (AvgIpc) is 2.38. The summed E-state index contributed by atoms with van der Waals surface area (Å²) < 4.78 is 0. The molecule has 0 saturated heterocycles. The molecule has 0 aliphatic heterocycles. The molecule has 2 atom stereocenters. The number of phenols is 1. The van der Waals surface area contributed by atoms with Gasteiger partial charge in [-0.2, -0.15) is 0 Å². The van der Waals surface area contributed by atoms with Crippen molar-refractivity contribution in [2.24, 2.45) is 11.8 Å². The fraction of sp³-hybridized carbons (Fsp3) is 0.429. The predicted octanol–water partition coefficient (Wildman–Crippen LogP) is 2.22. The highest BCUT2D eigenvalue weighted by molar-refractivity contribution is 5.95. The number of carbonyl (C=O) groups excluding carboxylic acids is 1. The van der Waals surface area contributed by atoms with Crippen molar-refractivity contribution in [1.29, 1.82) is 0 Å². The Kier molecular flexibility index (Phi) is 4.04.